The number of aromatic nitrogens is 4. The Morgan fingerprint density at radius 1 is 0.448 bits per heavy atom. The molecule has 2 saturated carbocycles. The SMILES string of the molecule is Cc1c[c-]c(-c2cc(CC3CCCCC3)c([Si](C)(C)C)cn2)c(C)c1.Cc1cc(C(C)(C)C)c[c-]c1-c1cc(CC2CCCC2)c([Si](C)(C)C)cn1.[2H]C(C)(C)c1c[c-]c(-c2cc(C([2H])(C)C)c([Si](C)(C)C)cn2)cc1.[2H]C([2H])([2H])c1c[c-]c(-c2cc(C([2H])([2H])[2H])c([Si](C)(C)C)cn2)cc1.[Ir].[Ir].[Ir].[Ir]. The van der Waals surface area contributed by atoms with Crippen molar-refractivity contribution in [1.82, 2.24) is 19.9 Å². The maximum absolute atomic E-state index is 8.53. The van der Waals surface area contributed by atoms with E-state index in [9.17, 15) is 0 Å². The van der Waals surface area contributed by atoms with Gasteiger partial charge in [-0.3, -0.25) is 0 Å². The van der Waals surface area contributed by atoms with Crippen molar-refractivity contribution in [2.45, 2.75) is 249 Å². The molecule has 0 atom stereocenters. The van der Waals surface area contributed by atoms with Crippen molar-refractivity contribution >= 4 is 53.0 Å². The molecule has 2 aliphatic rings. The summed E-state index contributed by atoms with van der Waals surface area (Å²) in [4.78, 5) is 18.8. The number of benzene rings is 4. The molecule has 4 nitrogen and oxygen atoms in total. The Labute approximate surface area is 654 Å². The minimum absolute atomic E-state index is 0. The summed E-state index contributed by atoms with van der Waals surface area (Å²) in [6, 6.07) is 40.7. The van der Waals surface area contributed by atoms with Gasteiger partial charge in [-0.25, -0.2) is 0 Å². The van der Waals surface area contributed by atoms with Crippen molar-refractivity contribution in [3.8, 4) is 45.0 Å². The molecule has 0 aliphatic heterocycles. The van der Waals surface area contributed by atoms with Crippen molar-refractivity contribution in [2.24, 2.45) is 11.8 Å². The Morgan fingerprint density at radius 3 is 1.28 bits per heavy atom. The first-order valence-electron chi connectivity index (χ1n) is 38.1. The van der Waals surface area contributed by atoms with Crippen LogP contribution in [0, 0.1) is 70.6 Å². The van der Waals surface area contributed by atoms with Gasteiger partial charge in [-0.1, -0.05) is 265 Å². The molecule has 0 spiro atoms. The van der Waals surface area contributed by atoms with Gasteiger partial charge in [0.05, 0.1) is 32.3 Å². The van der Waals surface area contributed by atoms with Gasteiger partial charge in [-0.15, -0.1) is 141 Å². The fourth-order valence-electron chi connectivity index (χ4n) is 12.8. The van der Waals surface area contributed by atoms with Gasteiger partial charge in [0.25, 0.3) is 0 Å². The van der Waals surface area contributed by atoms with E-state index in [1.54, 1.807) is 39.8 Å². The summed E-state index contributed by atoms with van der Waals surface area (Å²) in [5.74, 6) is 0.445. The van der Waals surface area contributed by atoms with Crippen LogP contribution in [-0.2, 0) is 98.7 Å². The predicted molar refractivity (Wildman–Crippen MR) is 412 cm³/mol. The van der Waals surface area contributed by atoms with E-state index in [1.165, 1.54) is 110 Å². The van der Waals surface area contributed by atoms with Crippen LogP contribution >= 0.6 is 0 Å². The number of pyridine rings is 4. The molecule has 96 heavy (non-hydrogen) atoms. The first kappa shape index (κ1) is 74.1. The smallest absolute Gasteiger partial charge is 0.0799 e. The summed E-state index contributed by atoms with van der Waals surface area (Å²) in [6.45, 7) is 44.2. The molecule has 4 aromatic carbocycles. The van der Waals surface area contributed by atoms with E-state index in [4.69, 9.17) is 20.9 Å². The molecule has 0 amide bonds. The van der Waals surface area contributed by atoms with Crippen LogP contribution in [0.1, 0.15) is 185 Å². The van der Waals surface area contributed by atoms with Gasteiger partial charge < -0.3 is 19.9 Å². The van der Waals surface area contributed by atoms with Crippen LogP contribution in [0.2, 0.25) is 78.6 Å². The van der Waals surface area contributed by atoms with E-state index in [0.29, 0.717) is 16.8 Å². The average Bonchev–Trinajstić information content (AvgIpc) is 0.924. The Bertz CT molecular complexity index is 3940. The van der Waals surface area contributed by atoms with Crippen LogP contribution in [-0.4, -0.2) is 52.2 Å². The van der Waals surface area contributed by atoms with Gasteiger partial charge >= 0.3 is 0 Å². The molecule has 0 unspecified atom stereocenters. The zero-order valence-electron chi connectivity index (χ0n) is 69.9. The number of hydrogen-bond donors (Lipinski definition) is 0. The first-order valence-corrected chi connectivity index (χ1v) is 48.1. The third-order valence-corrected chi connectivity index (χ3v) is 26.5. The van der Waals surface area contributed by atoms with Crippen LogP contribution in [0.15, 0.2) is 110 Å². The molecule has 2 fully saturated rings. The number of nitrogens with zero attached hydrogens (tertiary/aromatic N) is 4. The Hall–Kier alpha value is -3.06. The monoisotopic (exact) mass is 2070 g/mol. The summed E-state index contributed by atoms with van der Waals surface area (Å²) in [5.41, 5.74) is 18.3. The van der Waals surface area contributed by atoms with Crippen molar-refractivity contribution in [2.75, 3.05) is 0 Å². The largest absolute Gasteiger partial charge is 0.305 e. The van der Waals surface area contributed by atoms with Gasteiger partial charge in [0, 0.05) is 116 Å². The summed E-state index contributed by atoms with van der Waals surface area (Å²) in [7, 11) is -6.19. The van der Waals surface area contributed by atoms with Crippen molar-refractivity contribution < 1.29 is 91.4 Å². The van der Waals surface area contributed by atoms with Gasteiger partial charge in [0.1, 0.15) is 0 Å². The van der Waals surface area contributed by atoms with Crippen LogP contribution in [0.3, 0.4) is 0 Å². The summed E-state index contributed by atoms with van der Waals surface area (Å²) in [5, 5.41) is 5.15. The molecule has 0 saturated heterocycles. The topological polar surface area (TPSA) is 51.6 Å². The average molecular weight is 2070 g/mol. The molecular weight excluding hydrogens is 1950 g/mol. The number of aryl methyl sites for hydroxylation is 5. The third-order valence-electron chi connectivity index (χ3n) is 18.3. The third kappa shape index (κ3) is 24.9. The van der Waals surface area contributed by atoms with E-state index < -0.39 is 57.8 Å². The quantitative estimate of drug-likeness (QED) is 0.0804. The molecule has 528 valence electrons. The van der Waals surface area contributed by atoms with E-state index in [0.717, 1.165) is 61.9 Å². The van der Waals surface area contributed by atoms with Gasteiger partial charge in [0.2, 0.25) is 0 Å². The Morgan fingerprint density at radius 2 is 0.875 bits per heavy atom. The molecule has 12 heteroatoms. The molecule has 2 aliphatic carbocycles. The Kier molecular flexibility index (Phi) is 29.2. The maximum atomic E-state index is 8.53. The zero-order chi connectivity index (χ0) is 74.5. The predicted octanol–water partition coefficient (Wildman–Crippen LogP) is 21.3. The molecule has 4 radical (unpaired) electrons. The van der Waals surface area contributed by atoms with E-state index in [1.807, 2.05) is 52.1 Å². The zero-order valence-corrected chi connectivity index (χ0v) is 75.5. The molecule has 4 aromatic heterocycles. The molecule has 0 bridgehead atoms. The number of hydrogen-bond acceptors (Lipinski definition) is 4. The fraction of sp³-hybridized carbons (Fsp3) is 0.476. The molecule has 4 heterocycles. The van der Waals surface area contributed by atoms with Crippen LogP contribution in [0.4, 0.5) is 0 Å². The van der Waals surface area contributed by atoms with Crippen LogP contribution in [0.5, 0.6) is 0 Å². The second kappa shape index (κ2) is 37.7. The standard InChI is InChI=1S/C25H36NSi.C23H32NSi.C20H28NSi.C16H20NSi.4Ir/c1-18-14-21(25(2,3)4)12-13-22(18)23-16-20(15-19-10-8-9-11-19)24(17-26-23)27(5,6)7;1-17-11-12-21(18(2)13-17)22-15-20(14-19-9-7-6-8-10-19)23(16-24-22)25(3,4)5;1-14(2)16-8-10-17(11-9-16)19-12-18(15(3)4)20(13-21-19)22(5,6)7;1-12-6-8-14(9-7-12)15-10-13(2)16(11-17-15)18(3,4)5;;;;/h12,14,16-17,19H,8-11,15H2,1-7H3;11,13,15-16,19H,6-10,14H2,1-5H3;8-10,12-15H,1-7H3;6-8,10-11H,1-5H3;;;;/q4*-1;;;;/i;;14D,15D;1D3,2D3;;;;. The Balaban J connectivity index is 0.000000356. The summed E-state index contributed by atoms with van der Waals surface area (Å²) in [6.07, 6.45) is 23.1. The molecular formula is C84H116Ir4N4Si4-4. The van der Waals surface area contributed by atoms with Gasteiger partial charge in [0.15, 0.2) is 0 Å². The van der Waals surface area contributed by atoms with Crippen molar-refractivity contribution in [1.29, 1.82) is 0 Å². The second-order valence-corrected chi connectivity index (χ2v) is 52.3. The fourth-order valence-corrected chi connectivity index (χ4v) is 18.9. The molecule has 10 rings (SSSR count). The van der Waals surface area contributed by atoms with E-state index >= 15 is 0 Å². The van der Waals surface area contributed by atoms with E-state index in [-0.39, 0.29) is 91.4 Å². The minimum atomic E-state index is -2.22. The summed E-state index contributed by atoms with van der Waals surface area (Å²) < 4.78 is 62.2. The molecule has 0 N–H and O–H groups in total. The number of rotatable bonds is 14. The summed E-state index contributed by atoms with van der Waals surface area (Å²) >= 11 is 0. The molecule has 8 aromatic rings. The van der Waals surface area contributed by atoms with Crippen LogP contribution in [0.25, 0.3) is 45.0 Å². The minimum Gasteiger partial charge on any atom is -0.305 e. The van der Waals surface area contributed by atoms with Crippen molar-refractivity contribution in [3.05, 3.63) is 190 Å². The second-order valence-electron chi connectivity index (χ2n) is 32.2. The van der Waals surface area contributed by atoms with Crippen LogP contribution < -0.4 is 20.7 Å². The van der Waals surface area contributed by atoms with Gasteiger partial charge in [-0.2, -0.15) is 0 Å². The normalized spacial score (nSPS) is 15.4. The van der Waals surface area contributed by atoms with Crippen molar-refractivity contribution in [3.63, 3.8) is 0 Å². The van der Waals surface area contributed by atoms with E-state index in [2.05, 4.69) is 209 Å². The van der Waals surface area contributed by atoms with Gasteiger partial charge in [-0.05, 0) is 86.4 Å². The maximum Gasteiger partial charge on any atom is 0.0799 e. The first-order chi connectivity index (χ1) is 46.0.